The number of nitro benzene ring substituents is 1. The molecule has 0 radical (unpaired) electrons. The second-order valence-corrected chi connectivity index (χ2v) is 8.32. The maximum absolute atomic E-state index is 12.6. The third-order valence-electron chi connectivity index (χ3n) is 5.81. The molecule has 0 unspecified atom stereocenters. The summed E-state index contributed by atoms with van der Waals surface area (Å²) in [6.45, 7) is 3.79. The molecule has 0 atom stereocenters. The maximum atomic E-state index is 12.6. The monoisotopic (exact) mass is 454 g/mol. The zero-order valence-corrected chi connectivity index (χ0v) is 18.8. The van der Waals surface area contributed by atoms with Crippen molar-refractivity contribution in [2.75, 3.05) is 12.4 Å². The third kappa shape index (κ3) is 3.96. The lowest BCUT2D eigenvalue weighted by molar-refractivity contribution is -0.384. The summed E-state index contributed by atoms with van der Waals surface area (Å²) in [6.07, 6.45) is 5.62. The second-order valence-electron chi connectivity index (χ2n) is 7.91. The van der Waals surface area contributed by atoms with E-state index in [0.29, 0.717) is 11.3 Å². The predicted molar refractivity (Wildman–Crippen MR) is 125 cm³/mol. The van der Waals surface area contributed by atoms with Crippen LogP contribution in [0.1, 0.15) is 42.2 Å². The molecule has 1 N–H and O–H groups in total. The number of carbonyl (C=O) groups is 1. The second kappa shape index (κ2) is 8.67. The molecule has 1 aliphatic rings. The van der Waals surface area contributed by atoms with Gasteiger partial charge in [-0.3, -0.25) is 14.9 Å². The molecule has 166 valence electrons. The number of nitrogens with zero attached hydrogens (tertiary/aromatic N) is 1. The number of hydrogen-bond donors (Lipinski definition) is 1. The van der Waals surface area contributed by atoms with Crippen molar-refractivity contribution in [3.05, 3.63) is 67.9 Å². The van der Waals surface area contributed by atoms with Crippen LogP contribution in [0.5, 0.6) is 5.75 Å². The van der Waals surface area contributed by atoms with E-state index in [0.717, 1.165) is 53.5 Å². The number of methoxy groups -OCH3 is 1. The summed E-state index contributed by atoms with van der Waals surface area (Å²) in [7, 11) is 1.60. The summed E-state index contributed by atoms with van der Waals surface area (Å²) >= 11 is 5.84. The molecule has 1 amide bonds. The number of nitro groups is 1. The van der Waals surface area contributed by atoms with E-state index < -0.39 is 10.8 Å². The minimum atomic E-state index is -0.590. The fourth-order valence-corrected chi connectivity index (χ4v) is 4.46. The van der Waals surface area contributed by atoms with E-state index in [9.17, 15) is 14.9 Å². The Bertz CT molecular complexity index is 1280. The van der Waals surface area contributed by atoms with Gasteiger partial charge in [0.25, 0.3) is 5.69 Å². The molecule has 0 fully saturated rings. The number of nitrogens with one attached hydrogen (secondary N) is 1. The van der Waals surface area contributed by atoms with Crippen molar-refractivity contribution in [1.82, 2.24) is 0 Å². The van der Waals surface area contributed by atoms with Gasteiger partial charge >= 0.3 is 0 Å². The largest absolute Gasteiger partial charge is 0.496 e. The molecule has 0 saturated carbocycles. The SMILES string of the molecule is COc1c(/C(C)=C/C(=O)Nc2ccc(Cl)c([N+](=O)[O-])c2)cc2c3c(oc2c1C)CCCC3. The van der Waals surface area contributed by atoms with Crippen LogP contribution in [-0.4, -0.2) is 17.9 Å². The first-order valence-electron chi connectivity index (χ1n) is 10.4. The number of rotatable bonds is 5. The molecule has 8 heteroatoms. The predicted octanol–water partition coefficient (Wildman–Crippen LogP) is 6.23. The first-order valence-corrected chi connectivity index (χ1v) is 10.7. The van der Waals surface area contributed by atoms with E-state index in [2.05, 4.69) is 5.32 Å². The Morgan fingerprint density at radius 1 is 1.28 bits per heavy atom. The van der Waals surface area contributed by atoms with E-state index >= 15 is 0 Å². The lowest BCUT2D eigenvalue weighted by Gasteiger charge is -2.13. The summed E-state index contributed by atoms with van der Waals surface area (Å²) in [5.41, 5.74) is 4.51. The van der Waals surface area contributed by atoms with E-state index in [1.165, 1.54) is 29.8 Å². The number of ether oxygens (including phenoxy) is 1. The molecular weight excluding hydrogens is 432 g/mol. The Balaban J connectivity index is 1.69. The lowest BCUT2D eigenvalue weighted by atomic mass is 9.93. The van der Waals surface area contributed by atoms with Gasteiger partial charge in [-0.05, 0) is 56.9 Å². The van der Waals surface area contributed by atoms with E-state index in [4.69, 9.17) is 20.8 Å². The van der Waals surface area contributed by atoms with E-state index in [1.54, 1.807) is 7.11 Å². The van der Waals surface area contributed by atoms with Gasteiger partial charge in [0.1, 0.15) is 22.1 Å². The Kier molecular flexibility index (Phi) is 5.93. The van der Waals surface area contributed by atoms with Crippen LogP contribution in [0.2, 0.25) is 5.02 Å². The molecule has 1 aliphatic carbocycles. The van der Waals surface area contributed by atoms with Crippen LogP contribution >= 0.6 is 11.6 Å². The number of anilines is 1. The summed E-state index contributed by atoms with van der Waals surface area (Å²) in [6, 6.07) is 6.16. The topological polar surface area (TPSA) is 94.6 Å². The summed E-state index contributed by atoms with van der Waals surface area (Å²) in [5, 5.41) is 14.8. The van der Waals surface area contributed by atoms with Crippen molar-refractivity contribution < 1.29 is 18.9 Å². The number of halogens is 1. The minimum absolute atomic E-state index is 0.0108. The smallest absolute Gasteiger partial charge is 0.289 e. The molecule has 2 aromatic carbocycles. The Hall–Kier alpha value is -3.32. The molecular formula is C24H23ClN2O5. The van der Waals surface area contributed by atoms with Gasteiger partial charge in [0, 0.05) is 46.3 Å². The normalized spacial score (nSPS) is 13.7. The number of benzene rings is 2. The van der Waals surface area contributed by atoms with E-state index in [1.807, 2.05) is 19.9 Å². The maximum Gasteiger partial charge on any atom is 0.289 e. The number of amides is 1. The number of furan rings is 1. The highest BCUT2D eigenvalue weighted by Gasteiger charge is 2.23. The van der Waals surface area contributed by atoms with Gasteiger partial charge in [-0.2, -0.15) is 0 Å². The van der Waals surface area contributed by atoms with E-state index in [-0.39, 0.29) is 16.4 Å². The third-order valence-corrected chi connectivity index (χ3v) is 6.13. The first-order chi connectivity index (χ1) is 15.3. The molecule has 0 spiro atoms. The Morgan fingerprint density at radius 2 is 2.03 bits per heavy atom. The van der Waals surface area contributed by atoms with Crippen molar-refractivity contribution >= 4 is 45.4 Å². The van der Waals surface area contributed by atoms with Crippen molar-refractivity contribution in [1.29, 1.82) is 0 Å². The van der Waals surface area contributed by atoms with Gasteiger partial charge in [-0.25, -0.2) is 0 Å². The van der Waals surface area contributed by atoms with Crippen molar-refractivity contribution in [2.45, 2.75) is 39.5 Å². The average molecular weight is 455 g/mol. The highest BCUT2D eigenvalue weighted by atomic mass is 35.5. The number of carbonyl (C=O) groups excluding carboxylic acids is 1. The highest BCUT2D eigenvalue weighted by Crippen LogP contribution is 2.41. The standard InChI is InChI=1S/C24H23ClN2O5/c1-13(10-22(28)26-15-8-9-19(25)20(11-15)27(29)30)17-12-18-16-6-4-5-7-21(16)32-24(18)14(2)23(17)31-3/h8-12H,4-7H2,1-3H3,(H,26,28)/b13-10+. The van der Waals surface area contributed by atoms with Crippen LogP contribution in [-0.2, 0) is 17.6 Å². The lowest BCUT2D eigenvalue weighted by Crippen LogP contribution is -2.09. The van der Waals surface area contributed by atoms with Crippen LogP contribution < -0.4 is 10.1 Å². The van der Waals surface area contributed by atoms with Crippen molar-refractivity contribution in [3.63, 3.8) is 0 Å². The molecule has 3 aromatic rings. The van der Waals surface area contributed by atoms with Gasteiger partial charge in [-0.1, -0.05) is 11.6 Å². The molecule has 0 bridgehead atoms. The van der Waals surface area contributed by atoms with Crippen molar-refractivity contribution in [3.8, 4) is 5.75 Å². The van der Waals surface area contributed by atoms with Crippen LogP contribution in [0, 0.1) is 17.0 Å². The van der Waals surface area contributed by atoms with Gasteiger partial charge in [0.15, 0.2) is 0 Å². The van der Waals surface area contributed by atoms with Crippen molar-refractivity contribution in [2.24, 2.45) is 0 Å². The average Bonchev–Trinajstić information content (AvgIpc) is 3.14. The Morgan fingerprint density at radius 3 is 2.75 bits per heavy atom. The molecule has 4 rings (SSSR count). The fraction of sp³-hybridized carbons (Fsp3) is 0.292. The van der Waals surface area contributed by atoms with Crippen LogP contribution in [0.25, 0.3) is 16.5 Å². The minimum Gasteiger partial charge on any atom is -0.496 e. The van der Waals surface area contributed by atoms with Gasteiger partial charge in [0.05, 0.1) is 12.0 Å². The van der Waals surface area contributed by atoms with Crippen LogP contribution in [0.3, 0.4) is 0 Å². The molecule has 7 nitrogen and oxygen atoms in total. The number of fused-ring (bicyclic) bond motifs is 3. The number of aryl methyl sites for hydroxylation is 3. The molecule has 0 aliphatic heterocycles. The molecule has 0 saturated heterocycles. The number of hydrogen-bond acceptors (Lipinski definition) is 5. The quantitative estimate of drug-likeness (QED) is 0.280. The summed E-state index contributed by atoms with van der Waals surface area (Å²) in [5.74, 6) is 1.29. The summed E-state index contributed by atoms with van der Waals surface area (Å²) < 4.78 is 11.8. The molecule has 1 heterocycles. The molecule has 1 aromatic heterocycles. The van der Waals surface area contributed by atoms with Gasteiger partial charge < -0.3 is 14.5 Å². The number of allylic oxidation sites excluding steroid dienone is 1. The zero-order valence-electron chi connectivity index (χ0n) is 18.1. The van der Waals surface area contributed by atoms with Crippen LogP contribution in [0.4, 0.5) is 11.4 Å². The Labute approximate surface area is 190 Å². The first kappa shape index (κ1) is 21.9. The van der Waals surface area contributed by atoms with Gasteiger partial charge in [0.2, 0.25) is 5.91 Å². The zero-order chi connectivity index (χ0) is 23.0. The van der Waals surface area contributed by atoms with Crippen LogP contribution in [0.15, 0.2) is 34.8 Å². The molecule has 32 heavy (non-hydrogen) atoms. The summed E-state index contributed by atoms with van der Waals surface area (Å²) in [4.78, 5) is 23.1. The highest BCUT2D eigenvalue weighted by molar-refractivity contribution is 6.32. The fourth-order valence-electron chi connectivity index (χ4n) is 4.28. The van der Waals surface area contributed by atoms with Gasteiger partial charge in [-0.15, -0.1) is 0 Å².